The Kier molecular flexibility index (Phi) is 9.74. The lowest BCUT2D eigenvalue weighted by atomic mass is 9.98. The number of ether oxygens (including phenoxy) is 2. The number of esters is 1. The standard InChI is InChI=1S/C29H31F6NO3/c1-4-6-7-8-19-9-12-23(24(13-19)29(33,34)35)26-14-21-10-11-22(15-25(21)36(26)3)38-17-20(16-28(30,31)32)18-39-27(37)5-2/h5,9-15,20H,2,4,6-8,16-18H2,1,3H3. The fourth-order valence-corrected chi connectivity index (χ4v) is 4.41. The maximum absolute atomic E-state index is 14.0. The van der Waals surface area contributed by atoms with E-state index >= 15 is 0 Å². The number of rotatable bonds is 12. The number of halogens is 6. The Balaban J connectivity index is 1.87. The van der Waals surface area contributed by atoms with Gasteiger partial charge >= 0.3 is 18.3 Å². The summed E-state index contributed by atoms with van der Waals surface area (Å²) in [6.07, 6.45) is -6.12. The van der Waals surface area contributed by atoms with Gasteiger partial charge in [0.05, 0.1) is 30.7 Å². The van der Waals surface area contributed by atoms with E-state index in [2.05, 4.69) is 6.58 Å². The van der Waals surface area contributed by atoms with Crippen molar-refractivity contribution in [3.63, 3.8) is 0 Å². The fraction of sp³-hybridized carbons (Fsp3) is 0.414. The third-order valence-corrected chi connectivity index (χ3v) is 6.38. The molecule has 3 rings (SSSR count). The zero-order valence-electron chi connectivity index (χ0n) is 21.8. The average molecular weight is 556 g/mol. The van der Waals surface area contributed by atoms with Gasteiger partial charge in [-0.05, 0) is 42.7 Å². The monoisotopic (exact) mass is 555 g/mol. The molecule has 0 bridgehead atoms. The molecule has 3 aromatic rings. The lowest BCUT2D eigenvalue weighted by molar-refractivity contribution is -0.157. The van der Waals surface area contributed by atoms with Crippen LogP contribution in [0.15, 0.2) is 55.1 Å². The normalized spacial score (nSPS) is 12.9. The Morgan fingerprint density at radius 2 is 1.77 bits per heavy atom. The molecule has 212 valence electrons. The van der Waals surface area contributed by atoms with Crippen LogP contribution in [0.2, 0.25) is 0 Å². The van der Waals surface area contributed by atoms with Gasteiger partial charge in [0.2, 0.25) is 0 Å². The SMILES string of the molecule is C=CC(=O)OCC(COc1ccc2cc(-c3ccc(CCCCC)cc3C(F)(F)F)n(C)c2c1)CC(F)(F)F. The summed E-state index contributed by atoms with van der Waals surface area (Å²) in [6, 6.07) is 10.8. The number of aromatic nitrogens is 1. The van der Waals surface area contributed by atoms with Crippen molar-refractivity contribution in [3.8, 4) is 17.0 Å². The molecule has 0 amide bonds. The summed E-state index contributed by atoms with van der Waals surface area (Å²) in [6.45, 7) is 4.35. The Hall–Kier alpha value is -3.43. The molecule has 1 heterocycles. The van der Waals surface area contributed by atoms with Crippen LogP contribution >= 0.6 is 0 Å². The van der Waals surface area contributed by atoms with Crippen molar-refractivity contribution >= 4 is 16.9 Å². The number of benzene rings is 2. The summed E-state index contributed by atoms with van der Waals surface area (Å²) in [5.74, 6) is -1.76. The molecule has 0 spiro atoms. The third kappa shape index (κ3) is 8.28. The molecule has 0 N–H and O–H groups in total. The van der Waals surface area contributed by atoms with Gasteiger partial charge < -0.3 is 14.0 Å². The maximum Gasteiger partial charge on any atom is 0.417 e. The molecule has 39 heavy (non-hydrogen) atoms. The lowest BCUT2D eigenvalue weighted by Crippen LogP contribution is -2.25. The minimum Gasteiger partial charge on any atom is -0.493 e. The van der Waals surface area contributed by atoms with Crippen LogP contribution in [0.1, 0.15) is 43.7 Å². The van der Waals surface area contributed by atoms with Gasteiger partial charge in [0.25, 0.3) is 0 Å². The van der Waals surface area contributed by atoms with Crippen molar-refractivity contribution in [3.05, 3.63) is 66.2 Å². The number of hydrogen-bond donors (Lipinski definition) is 0. The number of nitrogens with zero attached hydrogens (tertiary/aromatic N) is 1. The van der Waals surface area contributed by atoms with E-state index in [1.165, 1.54) is 18.2 Å². The summed E-state index contributed by atoms with van der Waals surface area (Å²) in [5, 5.41) is 0.645. The maximum atomic E-state index is 14.0. The van der Waals surface area contributed by atoms with Gasteiger partial charge in [0.1, 0.15) is 5.75 Å². The number of carbonyl (C=O) groups is 1. The summed E-state index contributed by atoms with van der Waals surface area (Å²) < 4.78 is 93.0. The number of hydrogen-bond acceptors (Lipinski definition) is 3. The van der Waals surface area contributed by atoms with Crippen LogP contribution in [0.4, 0.5) is 26.3 Å². The van der Waals surface area contributed by atoms with E-state index in [1.54, 1.807) is 35.9 Å². The molecule has 0 saturated carbocycles. The van der Waals surface area contributed by atoms with Crippen LogP contribution in [-0.2, 0) is 29.2 Å². The van der Waals surface area contributed by atoms with E-state index in [0.29, 0.717) is 28.6 Å². The molecule has 0 aliphatic carbocycles. The largest absolute Gasteiger partial charge is 0.493 e. The quantitative estimate of drug-likeness (QED) is 0.0978. The lowest BCUT2D eigenvalue weighted by Gasteiger charge is -2.19. The molecule has 1 aromatic heterocycles. The van der Waals surface area contributed by atoms with Gasteiger partial charge in [0.15, 0.2) is 0 Å². The van der Waals surface area contributed by atoms with Crippen LogP contribution in [0.5, 0.6) is 5.75 Å². The minimum absolute atomic E-state index is 0.0391. The Morgan fingerprint density at radius 3 is 2.41 bits per heavy atom. The number of alkyl halides is 6. The first kappa shape index (κ1) is 30.1. The highest BCUT2D eigenvalue weighted by atomic mass is 19.4. The second-order valence-electron chi connectivity index (χ2n) is 9.47. The second-order valence-corrected chi connectivity index (χ2v) is 9.47. The predicted octanol–water partition coefficient (Wildman–Crippen LogP) is 8.27. The molecule has 1 atom stereocenters. The van der Waals surface area contributed by atoms with E-state index in [9.17, 15) is 31.1 Å². The van der Waals surface area contributed by atoms with Crippen LogP contribution < -0.4 is 4.74 Å². The average Bonchev–Trinajstić information content (AvgIpc) is 3.19. The Bertz CT molecular complexity index is 1290. The first-order chi connectivity index (χ1) is 18.3. The van der Waals surface area contributed by atoms with E-state index in [1.807, 2.05) is 6.92 Å². The van der Waals surface area contributed by atoms with Crippen molar-refractivity contribution in [1.29, 1.82) is 0 Å². The smallest absolute Gasteiger partial charge is 0.417 e. The van der Waals surface area contributed by atoms with Crippen molar-refractivity contribution in [2.24, 2.45) is 13.0 Å². The van der Waals surface area contributed by atoms with Crippen molar-refractivity contribution < 1.29 is 40.6 Å². The van der Waals surface area contributed by atoms with E-state index in [4.69, 9.17) is 9.47 Å². The van der Waals surface area contributed by atoms with Crippen LogP contribution in [0, 0.1) is 5.92 Å². The van der Waals surface area contributed by atoms with Gasteiger partial charge in [-0.25, -0.2) is 4.79 Å². The zero-order chi connectivity index (χ0) is 28.8. The van der Waals surface area contributed by atoms with E-state index < -0.39 is 42.8 Å². The molecule has 0 radical (unpaired) electrons. The van der Waals surface area contributed by atoms with Crippen molar-refractivity contribution in [2.75, 3.05) is 13.2 Å². The van der Waals surface area contributed by atoms with Crippen molar-refractivity contribution in [1.82, 2.24) is 4.57 Å². The van der Waals surface area contributed by atoms with Gasteiger partial charge in [-0.1, -0.05) is 38.5 Å². The summed E-state index contributed by atoms with van der Waals surface area (Å²) in [7, 11) is 1.62. The summed E-state index contributed by atoms with van der Waals surface area (Å²) in [4.78, 5) is 11.3. The summed E-state index contributed by atoms with van der Waals surface area (Å²) in [5.41, 5.74) is 0.843. The number of fused-ring (bicyclic) bond motifs is 1. The van der Waals surface area contributed by atoms with Gasteiger partial charge in [-0.15, -0.1) is 0 Å². The van der Waals surface area contributed by atoms with Gasteiger partial charge in [-0.2, -0.15) is 26.3 Å². The van der Waals surface area contributed by atoms with E-state index in [0.717, 1.165) is 25.3 Å². The molecule has 2 aromatic carbocycles. The first-order valence-corrected chi connectivity index (χ1v) is 12.6. The fourth-order valence-electron chi connectivity index (χ4n) is 4.41. The molecule has 0 aliphatic rings. The minimum atomic E-state index is -4.55. The molecule has 0 saturated heterocycles. The van der Waals surface area contributed by atoms with Gasteiger partial charge in [-0.3, -0.25) is 0 Å². The molecular weight excluding hydrogens is 524 g/mol. The number of aryl methyl sites for hydroxylation is 2. The second kappa shape index (κ2) is 12.6. The highest BCUT2D eigenvalue weighted by Gasteiger charge is 2.35. The van der Waals surface area contributed by atoms with Crippen LogP contribution in [-0.4, -0.2) is 29.9 Å². The molecule has 0 fully saturated rings. The number of carbonyl (C=O) groups excluding carboxylic acids is 1. The summed E-state index contributed by atoms with van der Waals surface area (Å²) >= 11 is 0. The zero-order valence-corrected chi connectivity index (χ0v) is 21.8. The van der Waals surface area contributed by atoms with Gasteiger partial charge in [0, 0.05) is 41.8 Å². The molecule has 4 nitrogen and oxygen atoms in total. The Morgan fingerprint density at radius 1 is 1.03 bits per heavy atom. The molecule has 1 unspecified atom stereocenters. The Labute approximate surface area is 223 Å². The third-order valence-electron chi connectivity index (χ3n) is 6.38. The van der Waals surface area contributed by atoms with Crippen LogP contribution in [0.25, 0.3) is 22.2 Å². The first-order valence-electron chi connectivity index (χ1n) is 12.6. The van der Waals surface area contributed by atoms with E-state index in [-0.39, 0.29) is 17.9 Å². The molecular formula is C29H31F6NO3. The highest BCUT2D eigenvalue weighted by Crippen LogP contribution is 2.40. The molecule has 10 heteroatoms. The topological polar surface area (TPSA) is 40.5 Å². The number of unbranched alkanes of at least 4 members (excludes halogenated alkanes) is 2. The molecule has 0 aliphatic heterocycles. The van der Waals surface area contributed by atoms with Crippen molar-refractivity contribution in [2.45, 2.75) is 51.4 Å². The highest BCUT2D eigenvalue weighted by molar-refractivity contribution is 5.88. The predicted molar refractivity (Wildman–Crippen MR) is 137 cm³/mol. The van der Waals surface area contributed by atoms with Crippen LogP contribution in [0.3, 0.4) is 0 Å².